The van der Waals surface area contributed by atoms with Crippen LogP contribution in [0.25, 0.3) is 11.5 Å². The molecule has 0 bridgehead atoms. The van der Waals surface area contributed by atoms with Crippen LogP contribution in [-0.4, -0.2) is 10.2 Å². The number of rotatable bonds is 4. The highest BCUT2D eigenvalue weighted by atomic mass is 16.3. The van der Waals surface area contributed by atoms with Gasteiger partial charge in [0.15, 0.2) is 5.76 Å². The summed E-state index contributed by atoms with van der Waals surface area (Å²) in [5, 5.41) is 16.1. The predicted octanol–water partition coefficient (Wildman–Crippen LogP) is 3.25. The highest BCUT2D eigenvalue weighted by Crippen LogP contribution is 2.29. The summed E-state index contributed by atoms with van der Waals surface area (Å²) < 4.78 is 5.37. The van der Waals surface area contributed by atoms with E-state index < -0.39 is 0 Å². The van der Waals surface area contributed by atoms with Crippen molar-refractivity contribution in [2.45, 2.75) is 32.6 Å². The van der Waals surface area contributed by atoms with Gasteiger partial charge in [0.1, 0.15) is 5.69 Å². The maximum Gasteiger partial charge on any atom is 0.154 e. The summed E-state index contributed by atoms with van der Waals surface area (Å²) in [5.74, 6) is 1.11. The molecule has 2 heterocycles. The number of hydrogen-bond donors (Lipinski definition) is 1. The summed E-state index contributed by atoms with van der Waals surface area (Å²) in [7, 11) is 0. The average Bonchev–Trinajstić information content (AvgIpc) is 2.94. The SMILES string of the molecule is CC(C)c1[nH]nc(-c2ccco2)c1CCC#N. The Morgan fingerprint density at radius 2 is 2.35 bits per heavy atom. The molecule has 2 rings (SSSR count). The fourth-order valence-corrected chi connectivity index (χ4v) is 1.91. The van der Waals surface area contributed by atoms with Crippen LogP contribution in [0.2, 0.25) is 0 Å². The lowest BCUT2D eigenvalue weighted by Crippen LogP contribution is -1.95. The van der Waals surface area contributed by atoms with E-state index in [1.807, 2.05) is 12.1 Å². The highest BCUT2D eigenvalue weighted by molar-refractivity contribution is 5.58. The minimum absolute atomic E-state index is 0.361. The van der Waals surface area contributed by atoms with Crippen molar-refractivity contribution in [3.63, 3.8) is 0 Å². The molecule has 0 aromatic carbocycles. The summed E-state index contributed by atoms with van der Waals surface area (Å²) in [4.78, 5) is 0. The van der Waals surface area contributed by atoms with Crippen LogP contribution in [0.3, 0.4) is 0 Å². The Morgan fingerprint density at radius 3 is 2.94 bits per heavy atom. The van der Waals surface area contributed by atoms with Gasteiger partial charge < -0.3 is 4.42 Å². The zero-order valence-electron chi connectivity index (χ0n) is 10.0. The zero-order valence-corrected chi connectivity index (χ0v) is 10.0. The predicted molar refractivity (Wildman–Crippen MR) is 64.3 cm³/mol. The van der Waals surface area contributed by atoms with E-state index in [2.05, 4.69) is 30.1 Å². The Hall–Kier alpha value is -2.02. The third-order valence-corrected chi connectivity index (χ3v) is 2.72. The van der Waals surface area contributed by atoms with Crippen molar-refractivity contribution < 1.29 is 4.42 Å². The number of aromatic amines is 1. The summed E-state index contributed by atoms with van der Waals surface area (Å²) in [5.41, 5.74) is 3.01. The molecule has 1 N–H and O–H groups in total. The lowest BCUT2D eigenvalue weighted by Gasteiger charge is -2.05. The Balaban J connectivity index is 2.42. The molecule has 0 fully saturated rings. The third kappa shape index (κ3) is 2.23. The van der Waals surface area contributed by atoms with Crippen molar-refractivity contribution in [3.05, 3.63) is 29.7 Å². The second kappa shape index (κ2) is 4.88. The fourth-order valence-electron chi connectivity index (χ4n) is 1.91. The molecule has 0 spiro atoms. The van der Waals surface area contributed by atoms with Crippen LogP contribution in [0.4, 0.5) is 0 Å². The van der Waals surface area contributed by atoms with E-state index in [-0.39, 0.29) is 0 Å². The third-order valence-electron chi connectivity index (χ3n) is 2.72. The van der Waals surface area contributed by atoms with Gasteiger partial charge in [0.2, 0.25) is 0 Å². The maximum atomic E-state index is 8.71. The molecule has 0 atom stereocenters. The van der Waals surface area contributed by atoms with Crippen molar-refractivity contribution >= 4 is 0 Å². The molecule has 2 aromatic rings. The number of furan rings is 1. The van der Waals surface area contributed by atoms with Crippen LogP contribution in [0.1, 0.15) is 37.4 Å². The number of H-pyrrole nitrogens is 1. The molecule has 88 valence electrons. The standard InChI is InChI=1S/C13H15N3O/c1-9(2)12-10(5-3-7-14)13(16-15-12)11-6-4-8-17-11/h4,6,8-9H,3,5H2,1-2H3,(H,15,16). The fraction of sp³-hybridized carbons (Fsp3) is 0.385. The first-order valence-electron chi connectivity index (χ1n) is 5.72. The zero-order chi connectivity index (χ0) is 12.3. The molecular weight excluding hydrogens is 214 g/mol. The molecule has 0 aliphatic carbocycles. The van der Waals surface area contributed by atoms with E-state index in [0.29, 0.717) is 18.8 Å². The molecule has 17 heavy (non-hydrogen) atoms. The highest BCUT2D eigenvalue weighted by Gasteiger charge is 2.18. The summed E-state index contributed by atoms with van der Waals surface area (Å²) in [6, 6.07) is 5.90. The van der Waals surface area contributed by atoms with Crippen LogP contribution in [0.15, 0.2) is 22.8 Å². The molecule has 4 heteroatoms. The Labute approximate surface area is 100 Å². The Kier molecular flexibility index (Phi) is 3.29. The second-order valence-electron chi connectivity index (χ2n) is 4.25. The van der Waals surface area contributed by atoms with Gasteiger partial charge in [-0.25, -0.2) is 0 Å². The van der Waals surface area contributed by atoms with Gasteiger partial charge in [-0.15, -0.1) is 0 Å². The molecule has 4 nitrogen and oxygen atoms in total. The first-order chi connectivity index (χ1) is 8.24. The Morgan fingerprint density at radius 1 is 1.53 bits per heavy atom. The number of hydrogen-bond acceptors (Lipinski definition) is 3. The number of aromatic nitrogens is 2. The molecule has 0 radical (unpaired) electrons. The van der Waals surface area contributed by atoms with Gasteiger partial charge in [0.05, 0.1) is 12.3 Å². The van der Waals surface area contributed by atoms with Gasteiger partial charge >= 0.3 is 0 Å². The molecule has 0 saturated heterocycles. The van der Waals surface area contributed by atoms with Crippen LogP contribution in [0.5, 0.6) is 0 Å². The molecule has 0 amide bonds. The first-order valence-corrected chi connectivity index (χ1v) is 5.72. The molecule has 0 saturated carbocycles. The van der Waals surface area contributed by atoms with E-state index in [1.165, 1.54) is 0 Å². The maximum absolute atomic E-state index is 8.71. The summed E-state index contributed by atoms with van der Waals surface area (Å²) in [6.45, 7) is 4.21. The number of nitrogens with zero attached hydrogens (tertiary/aromatic N) is 2. The Bertz CT molecular complexity index is 517. The van der Waals surface area contributed by atoms with E-state index in [9.17, 15) is 0 Å². The quantitative estimate of drug-likeness (QED) is 0.875. The topological polar surface area (TPSA) is 65.6 Å². The van der Waals surface area contributed by atoms with E-state index >= 15 is 0 Å². The summed E-state index contributed by atoms with van der Waals surface area (Å²) in [6.07, 6.45) is 2.83. The number of nitrogens with one attached hydrogen (secondary N) is 1. The van der Waals surface area contributed by atoms with Crippen molar-refractivity contribution in [2.75, 3.05) is 0 Å². The van der Waals surface area contributed by atoms with Gasteiger partial charge in [-0.1, -0.05) is 13.8 Å². The molecule has 0 unspecified atom stereocenters. The van der Waals surface area contributed by atoms with Crippen LogP contribution in [0, 0.1) is 11.3 Å². The van der Waals surface area contributed by atoms with E-state index in [1.54, 1.807) is 6.26 Å². The number of nitriles is 1. The lowest BCUT2D eigenvalue weighted by molar-refractivity contribution is 0.579. The largest absolute Gasteiger partial charge is 0.463 e. The van der Waals surface area contributed by atoms with Crippen LogP contribution < -0.4 is 0 Å². The summed E-state index contributed by atoms with van der Waals surface area (Å²) >= 11 is 0. The van der Waals surface area contributed by atoms with Gasteiger partial charge in [-0.05, 0) is 24.5 Å². The van der Waals surface area contributed by atoms with E-state index in [0.717, 1.165) is 22.7 Å². The normalized spacial score (nSPS) is 10.7. The smallest absolute Gasteiger partial charge is 0.154 e. The van der Waals surface area contributed by atoms with E-state index in [4.69, 9.17) is 9.68 Å². The minimum atomic E-state index is 0.361. The monoisotopic (exact) mass is 229 g/mol. The molecule has 0 aliphatic heterocycles. The van der Waals surface area contributed by atoms with Gasteiger partial charge in [0, 0.05) is 17.7 Å². The van der Waals surface area contributed by atoms with Gasteiger partial charge in [-0.3, -0.25) is 5.10 Å². The lowest BCUT2D eigenvalue weighted by atomic mass is 9.99. The van der Waals surface area contributed by atoms with Crippen molar-refractivity contribution in [1.82, 2.24) is 10.2 Å². The molecule has 0 aliphatic rings. The van der Waals surface area contributed by atoms with Crippen molar-refractivity contribution in [1.29, 1.82) is 5.26 Å². The van der Waals surface area contributed by atoms with Crippen molar-refractivity contribution in [3.8, 4) is 17.5 Å². The van der Waals surface area contributed by atoms with Crippen LogP contribution >= 0.6 is 0 Å². The molecular formula is C13H15N3O. The molecule has 2 aromatic heterocycles. The minimum Gasteiger partial charge on any atom is -0.463 e. The second-order valence-corrected chi connectivity index (χ2v) is 4.25. The van der Waals surface area contributed by atoms with Gasteiger partial charge in [0.25, 0.3) is 0 Å². The van der Waals surface area contributed by atoms with Crippen LogP contribution in [-0.2, 0) is 6.42 Å². The average molecular weight is 229 g/mol. The first kappa shape index (κ1) is 11.5. The van der Waals surface area contributed by atoms with Gasteiger partial charge in [-0.2, -0.15) is 10.4 Å². The van der Waals surface area contributed by atoms with Crippen molar-refractivity contribution in [2.24, 2.45) is 0 Å².